The molecule has 0 aliphatic carbocycles. The predicted octanol–water partition coefficient (Wildman–Crippen LogP) is 1.39. The van der Waals surface area contributed by atoms with Crippen LogP contribution in [0, 0.1) is 18.3 Å². The number of carbonyl (C=O) groups is 1. The van der Waals surface area contributed by atoms with Crippen molar-refractivity contribution in [2.45, 2.75) is 6.92 Å². The Balaban J connectivity index is 2.46. The first kappa shape index (κ1) is 17.1. The standard InChI is InChI=1S/C17H19N5O2/c1-12-15(19-16(23)13(10-18)11-20(2)3)17(24)22(21(12)4)14-8-6-5-7-9-14/h5-9,11H,1-4H3,(H,19,23)/b13-11-. The van der Waals surface area contributed by atoms with E-state index < -0.39 is 5.91 Å². The molecule has 0 spiro atoms. The van der Waals surface area contributed by atoms with E-state index in [0.29, 0.717) is 11.4 Å². The van der Waals surface area contributed by atoms with Crippen molar-refractivity contribution in [1.82, 2.24) is 14.3 Å². The quantitative estimate of drug-likeness (QED) is 0.680. The number of anilines is 1. The summed E-state index contributed by atoms with van der Waals surface area (Å²) in [6.07, 6.45) is 1.41. The van der Waals surface area contributed by atoms with Crippen molar-refractivity contribution in [2.24, 2.45) is 7.05 Å². The number of hydrogen-bond donors (Lipinski definition) is 1. The Bertz CT molecular complexity index is 882. The second-order valence-corrected chi connectivity index (χ2v) is 5.51. The molecule has 0 unspecified atom stereocenters. The third kappa shape index (κ3) is 3.22. The molecule has 1 heterocycles. The summed E-state index contributed by atoms with van der Waals surface area (Å²) in [6.45, 7) is 1.73. The Labute approximate surface area is 140 Å². The minimum Gasteiger partial charge on any atom is -0.382 e. The molecule has 0 radical (unpaired) electrons. The van der Waals surface area contributed by atoms with E-state index >= 15 is 0 Å². The lowest BCUT2D eigenvalue weighted by Crippen LogP contribution is -2.23. The van der Waals surface area contributed by atoms with Gasteiger partial charge in [0.2, 0.25) is 0 Å². The van der Waals surface area contributed by atoms with Gasteiger partial charge in [0.1, 0.15) is 17.3 Å². The highest BCUT2D eigenvalue weighted by Gasteiger charge is 2.19. The summed E-state index contributed by atoms with van der Waals surface area (Å²) in [7, 11) is 5.15. The van der Waals surface area contributed by atoms with Gasteiger partial charge in [-0.3, -0.25) is 14.3 Å². The van der Waals surface area contributed by atoms with E-state index in [-0.39, 0.29) is 16.8 Å². The Kier molecular flexibility index (Phi) is 4.90. The Hall–Kier alpha value is -3.27. The van der Waals surface area contributed by atoms with Gasteiger partial charge < -0.3 is 10.2 Å². The second-order valence-electron chi connectivity index (χ2n) is 5.51. The number of nitriles is 1. The molecule has 0 saturated heterocycles. The Morgan fingerprint density at radius 3 is 2.46 bits per heavy atom. The number of amides is 1. The zero-order valence-corrected chi connectivity index (χ0v) is 14.1. The van der Waals surface area contributed by atoms with E-state index in [1.54, 1.807) is 49.8 Å². The highest BCUT2D eigenvalue weighted by molar-refractivity contribution is 6.06. The van der Waals surface area contributed by atoms with E-state index in [4.69, 9.17) is 5.26 Å². The van der Waals surface area contributed by atoms with E-state index in [9.17, 15) is 9.59 Å². The fourth-order valence-electron chi connectivity index (χ4n) is 2.29. The summed E-state index contributed by atoms with van der Waals surface area (Å²) in [5.41, 5.74) is 1.02. The Morgan fingerprint density at radius 2 is 1.92 bits per heavy atom. The van der Waals surface area contributed by atoms with Gasteiger partial charge in [0.15, 0.2) is 0 Å². The van der Waals surface area contributed by atoms with Gasteiger partial charge in [0.25, 0.3) is 11.5 Å². The molecule has 2 aromatic rings. The maximum atomic E-state index is 12.7. The molecule has 0 atom stereocenters. The van der Waals surface area contributed by atoms with Gasteiger partial charge in [0, 0.05) is 27.3 Å². The van der Waals surface area contributed by atoms with Crippen molar-refractivity contribution < 1.29 is 4.79 Å². The molecule has 0 aliphatic rings. The highest BCUT2D eigenvalue weighted by Crippen LogP contribution is 2.14. The highest BCUT2D eigenvalue weighted by atomic mass is 16.2. The van der Waals surface area contributed by atoms with Crippen LogP contribution in [0.1, 0.15) is 5.69 Å². The normalized spacial score (nSPS) is 11.0. The first-order valence-electron chi connectivity index (χ1n) is 7.30. The fraction of sp³-hybridized carbons (Fsp3) is 0.235. The smallest absolute Gasteiger partial charge is 0.295 e. The number of aromatic nitrogens is 2. The van der Waals surface area contributed by atoms with E-state index in [2.05, 4.69) is 5.32 Å². The average molecular weight is 325 g/mol. The lowest BCUT2D eigenvalue weighted by molar-refractivity contribution is -0.112. The molecular formula is C17H19N5O2. The molecule has 1 aromatic carbocycles. The molecular weight excluding hydrogens is 306 g/mol. The topological polar surface area (TPSA) is 83.1 Å². The minimum absolute atomic E-state index is 0.0751. The summed E-state index contributed by atoms with van der Waals surface area (Å²) in [5.74, 6) is -0.614. The third-order valence-corrected chi connectivity index (χ3v) is 3.55. The number of benzene rings is 1. The Morgan fingerprint density at radius 1 is 1.29 bits per heavy atom. The number of para-hydroxylation sites is 1. The van der Waals surface area contributed by atoms with Gasteiger partial charge in [-0.2, -0.15) is 5.26 Å². The van der Waals surface area contributed by atoms with Crippen LogP contribution < -0.4 is 10.9 Å². The van der Waals surface area contributed by atoms with E-state index in [1.807, 2.05) is 24.3 Å². The van der Waals surface area contributed by atoms with Crippen LogP contribution in [0.15, 0.2) is 46.9 Å². The lowest BCUT2D eigenvalue weighted by atomic mass is 10.2. The van der Waals surface area contributed by atoms with Crippen LogP contribution in [0.2, 0.25) is 0 Å². The molecule has 24 heavy (non-hydrogen) atoms. The molecule has 2 rings (SSSR count). The van der Waals surface area contributed by atoms with E-state index in [1.165, 1.54) is 10.9 Å². The molecule has 7 heteroatoms. The number of nitrogens with zero attached hydrogens (tertiary/aromatic N) is 4. The van der Waals surface area contributed by atoms with Crippen molar-refractivity contribution in [1.29, 1.82) is 5.26 Å². The molecule has 0 saturated carbocycles. The van der Waals surface area contributed by atoms with Crippen molar-refractivity contribution >= 4 is 11.6 Å². The molecule has 0 bridgehead atoms. The second kappa shape index (κ2) is 6.87. The summed E-state index contributed by atoms with van der Waals surface area (Å²) in [4.78, 5) is 26.5. The molecule has 7 nitrogen and oxygen atoms in total. The molecule has 1 N–H and O–H groups in total. The maximum absolute atomic E-state index is 12.7. The van der Waals surface area contributed by atoms with Crippen LogP contribution in [0.3, 0.4) is 0 Å². The van der Waals surface area contributed by atoms with Crippen LogP contribution in [0.5, 0.6) is 0 Å². The van der Waals surface area contributed by atoms with Gasteiger partial charge in [-0.15, -0.1) is 0 Å². The lowest BCUT2D eigenvalue weighted by Gasteiger charge is -2.07. The molecule has 124 valence electrons. The third-order valence-electron chi connectivity index (χ3n) is 3.55. The number of hydrogen-bond acceptors (Lipinski definition) is 4. The first-order valence-corrected chi connectivity index (χ1v) is 7.30. The number of carbonyl (C=O) groups excluding carboxylic acids is 1. The minimum atomic E-state index is -0.614. The van der Waals surface area contributed by atoms with E-state index in [0.717, 1.165) is 0 Å². The largest absolute Gasteiger partial charge is 0.382 e. The first-order chi connectivity index (χ1) is 11.4. The van der Waals surface area contributed by atoms with Gasteiger partial charge in [0.05, 0.1) is 11.4 Å². The molecule has 1 aromatic heterocycles. The van der Waals surface area contributed by atoms with Crippen molar-refractivity contribution in [3.05, 3.63) is 58.2 Å². The zero-order valence-electron chi connectivity index (χ0n) is 14.1. The number of nitrogens with one attached hydrogen (secondary N) is 1. The molecule has 1 amide bonds. The van der Waals surface area contributed by atoms with Crippen LogP contribution in [0.25, 0.3) is 5.69 Å². The molecule has 0 fully saturated rings. The van der Waals surface area contributed by atoms with Crippen LogP contribution in [-0.2, 0) is 11.8 Å². The summed E-state index contributed by atoms with van der Waals surface area (Å²) >= 11 is 0. The average Bonchev–Trinajstić information content (AvgIpc) is 2.76. The van der Waals surface area contributed by atoms with Crippen LogP contribution in [-0.4, -0.2) is 34.3 Å². The predicted molar refractivity (Wildman–Crippen MR) is 91.8 cm³/mol. The monoisotopic (exact) mass is 325 g/mol. The summed E-state index contributed by atoms with van der Waals surface area (Å²) < 4.78 is 3.13. The zero-order chi connectivity index (χ0) is 17.9. The summed E-state index contributed by atoms with van der Waals surface area (Å²) in [6, 6.07) is 11.0. The van der Waals surface area contributed by atoms with Gasteiger partial charge in [-0.25, -0.2) is 4.68 Å². The number of rotatable bonds is 4. The van der Waals surface area contributed by atoms with Crippen molar-refractivity contribution in [2.75, 3.05) is 19.4 Å². The SMILES string of the molecule is Cc1c(NC(=O)/C(C#N)=C\N(C)C)c(=O)n(-c2ccccc2)n1C. The van der Waals surface area contributed by atoms with Crippen molar-refractivity contribution in [3.63, 3.8) is 0 Å². The van der Waals surface area contributed by atoms with Gasteiger partial charge in [-0.1, -0.05) is 18.2 Å². The summed E-state index contributed by atoms with van der Waals surface area (Å²) in [5, 5.41) is 11.7. The van der Waals surface area contributed by atoms with Crippen LogP contribution >= 0.6 is 0 Å². The maximum Gasteiger partial charge on any atom is 0.295 e. The fourth-order valence-corrected chi connectivity index (χ4v) is 2.29. The van der Waals surface area contributed by atoms with Gasteiger partial charge >= 0.3 is 0 Å². The molecule has 0 aliphatic heterocycles. The van der Waals surface area contributed by atoms with Crippen molar-refractivity contribution in [3.8, 4) is 11.8 Å². The van der Waals surface area contributed by atoms with Gasteiger partial charge in [-0.05, 0) is 19.1 Å². The van der Waals surface area contributed by atoms with Crippen LogP contribution in [0.4, 0.5) is 5.69 Å².